The summed E-state index contributed by atoms with van der Waals surface area (Å²) in [6, 6.07) is -1.47. The van der Waals surface area contributed by atoms with Crippen molar-refractivity contribution in [2.24, 2.45) is 28.9 Å². The van der Waals surface area contributed by atoms with Gasteiger partial charge < -0.3 is 126 Å². The Balaban J connectivity index is 1.17. The van der Waals surface area contributed by atoms with Crippen molar-refractivity contribution < 1.29 is 107 Å². The molecular formula is C85H118N20O22S. The highest BCUT2D eigenvalue weighted by molar-refractivity contribution is 8.00. The lowest BCUT2D eigenvalue weighted by Gasteiger charge is -2.36. The zero-order valence-electron chi connectivity index (χ0n) is 72.3. The van der Waals surface area contributed by atoms with E-state index in [-0.39, 0.29) is 57.2 Å². The van der Waals surface area contributed by atoms with Gasteiger partial charge in [0.15, 0.2) is 5.78 Å². The number of hydrogen-bond donors (Lipinski definition) is 19. The van der Waals surface area contributed by atoms with Crippen LogP contribution < -0.4 is 70.8 Å². The number of thioether (sulfide) groups is 1. The fraction of sp³-hybridized carbons (Fsp3) is 0.529. The lowest BCUT2D eigenvalue weighted by atomic mass is 9.90. The second-order valence-electron chi connectivity index (χ2n) is 32.3. The Bertz CT molecular complexity index is 4860. The van der Waals surface area contributed by atoms with Crippen molar-refractivity contribution in [1.29, 1.82) is 0 Å². The number of benzene rings is 3. The Kier molecular flexibility index (Phi) is 37.7. The lowest BCUT2D eigenvalue weighted by molar-refractivity contribution is -0.149. The Labute approximate surface area is 742 Å². The molecule has 23 N–H and O–H groups in total. The van der Waals surface area contributed by atoms with Crippen LogP contribution in [-0.4, -0.2) is 318 Å². The molecule has 42 nitrogen and oxygen atoms in total. The predicted octanol–water partition coefficient (Wildman–Crippen LogP) is -4.33. The molecule has 2 aromatic heterocycles. The minimum absolute atomic E-state index is 0.0122. The number of hydrogen-bond acceptors (Lipinski definition) is 24. The normalized spacial score (nSPS) is 25.5. The molecule has 3 aliphatic heterocycles. The van der Waals surface area contributed by atoms with Gasteiger partial charge in [-0.15, -0.1) is 11.8 Å². The van der Waals surface area contributed by atoms with Crippen molar-refractivity contribution in [3.63, 3.8) is 0 Å². The van der Waals surface area contributed by atoms with Gasteiger partial charge >= 0.3 is 5.97 Å². The molecule has 128 heavy (non-hydrogen) atoms. The SMILES string of the molecule is CCCC[C@H]1C(=O)N(C)[C@@H](CCCC)C(=O)N[C@@H](CN)C(=O)N[C@H](C(=O)NCC(N)=O)CSCC(=O)N[C@@H](Cc2ccc(O)cc2)C(=O)N(C)[C@@H](C)C(=O)N[C@@H](CC(N)=O)C(=O)N2CCC[C@H]2C(=O)N[C@@H](CN)C(=O)N[C@@H](CCC(=O)O)C(=O)N2C[C@H](O)C[C@H]2C(=O)C[C@@H](Cc2c[nH]c3ccccc23)C(=O)N[C@@H](CO)C(=O)N[C@@H](Cc2c[nH]c3ccccc23)C(=O)N1C. The number of carboxylic acid groups (broad SMARTS) is 1. The maximum atomic E-state index is 15.6. The minimum Gasteiger partial charge on any atom is -0.508 e. The molecule has 5 aromatic rings. The van der Waals surface area contributed by atoms with E-state index in [2.05, 4.69) is 57.8 Å². The Morgan fingerprint density at radius 1 is 0.547 bits per heavy atom. The highest BCUT2D eigenvalue weighted by Crippen LogP contribution is 2.30. The standard InChI is InChI=1S/C85H118N20O22S/c1-7-9-20-64-79(121)97-61(37-87)77(119)100-63(75(117)92-40-70(89)111)43-128-44-71(112)93-57(30-46-23-25-50(107)26-24-46)81(123)101(4)45(3)73(115)95-59(35-69(88)110)84(126)104-29-15-22-65(104)80(122)98-60(36-86)76(118)94-56(27-28-72(113)114)83(125)105-41-51(108)34-67(105)68(109)33-47(31-48-38-90-54-18-13-11-16-52(48)54)74(116)99-62(42-106)78(120)96-58(32-49-39-91-55-19-14-12-17-53(49)55)82(124)103(6)66(21-10-8-2)85(127)102(64)5/h11-14,16-19,23-26,38-39,45,47,51,56-67,90-91,106-108H,7-10,15,20-22,27-37,40-44,86-87H2,1-6H3,(H2,88,110)(H2,89,111)(H,92,117)(H,93,112)(H,94,118)(H,95,115)(H,96,120)(H,97,121)(H,98,122)(H,99,116)(H,100,119)(H,113,114)/t45-,47+,51+,56-,57-,58-,59-,60-,61-,62-,63-,64-,65-,66-,67-/m0/s1. The molecule has 15 atom stereocenters. The summed E-state index contributed by atoms with van der Waals surface area (Å²) < 4.78 is 0. The maximum Gasteiger partial charge on any atom is 0.303 e. The third-order valence-corrected chi connectivity index (χ3v) is 24.1. The number of phenols is 1. The van der Waals surface area contributed by atoms with Crippen molar-refractivity contribution in [3.05, 3.63) is 102 Å². The number of ketones is 1. The first-order valence-corrected chi connectivity index (χ1v) is 43.6. The van der Waals surface area contributed by atoms with Crippen LogP contribution in [0.25, 0.3) is 21.8 Å². The Morgan fingerprint density at radius 3 is 1.67 bits per heavy atom. The van der Waals surface area contributed by atoms with E-state index in [1.807, 2.05) is 13.8 Å². The van der Waals surface area contributed by atoms with Crippen molar-refractivity contribution in [3.8, 4) is 5.75 Å². The van der Waals surface area contributed by atoms with Crippen LogP contribution >= 0.6 is 11.8 Å². The molecule has 3 saturated heterocycles. The number of aliphatic carboxylic acids is 1. The topological polar surface area (TPSA) is 648 Å². The number of phenolic OH excluding ortho intramolecular Hbond substituents is 1. The number of Topliss-reactive ketones (excluding diaryl/α,β-unsaturated/α-hetero) is 1. The van der Waals surface area contributed by atoms with Crippen molar-refractivity contribution in [1.82, 2.24) is 82.3 Å². The number of nitrogens with zero attached hydrogens (tertiary/aromatic N) is 5. The number of aliphatic hydroxyl groups is 2. The van der Waals surface area contributed by atoms with E-state index in [1.165, 1.54) is 52.3 Å². The average molecular weight is 1800 g/mol. The molecule has 0 unspecified atom stereocenters. The summed E-state index contributed by atoms with van der Waals surface area (Å²) in [4.78, 5) is 270. The van der Waals surface area contributed by atoms with Gasteiger partial charge in [-0.05, 0) is 86.4 Å². The number of nitrogens with two attached hydrogens (primary N) is 4. The highest BCUT2D eigenvalue weighted by atomic mass is 32.2. The number of fused-ring (bicyclic) bond motifs is 4. The summed E-state index contributed by atoms with van der Waals surface area (Å²) in [5, 5.41) is 66.5. The summed E-state index contributed by atoms with van der Waals surface area (Å²) in [5.74, 6) is -20.8. The van der Waals surface area contributed by atoms with Gasteiger partial charge in [0.05, 0.1) is 37.5 Å². The molecule has 696 valence electrons. The number of carbonyl (C=O) groups excluding carboxylic acids is 17. The van der Waals surface area contributed by atoms with Gasteiger partial charge in [-0.3, -0.25) is 86.3 Å². The van der Waals surface area contributed by atoms with E-state index in [4.69, 9.17) is 22.9 Å². The molecule has 5 heterocycles. The number of rotatable bonds is 23. The second-order valence-corrected chi connectivity index (χ2v) is 33.3. The molecule has 0 radical (unpaired) electrons. The average Bonchev–Trinajstić information content (AvgIpc) is 1.60. The van der Waals surface area contributed by atoms with Gasteiger partial charge in [0.2, 0.25) is 94.5 Å². The largest absolute Gasteiger partial charge is 0.508 e. The zero-order valence-corrected chi connectivity index (χ0v) is 73.1. The van der Waals surface area contributed by atoms with Crippen LogP contribution in [0.1, 0.15) is 121 Å². The number of likely N-dealkylation sites (N-methyl/N-ethyl adjacent to an activating group) is 3. The van der Waals surface area contributed by atoms with E-state index >= 15 is 28.8 Å². The quantitative estimate of drug-likeness (QED) is 0.0294. The number of para-hydroxylation sites is 2. The van der Waals surface area contributed by atoms with Crippen LogP contribution in [0.4, 0.5) is 0 Å². The first kappa shape index (κ1) is 101. The first-order valence-electron chi connectivity index (χ1n) is 42.5. The summed E-state index contributed by atoms with van der Waals surface area (Å²) in [7, 11) is 3.84. The summed E-state index contributed by atoms with van der Waals surface area (Å²) in [5.41, 5.74) is 25.9. The predicted molar refractivity (Wildman–Crippen MR) is 465 cm³/mol. The van der Waals surface area contributed by atoms with Crippen molar-refractivity contribution in [2.75, 3.05) is 72.0 Å². The number of aliphatic hydroxyl groups excluding tert-OH is 2. The fourth-order valence-corrected chi connectivity index (χ4v) is 16.6. The van der Waals surface area contributed by atoms with Crippen LogP contribution in [0, 0.1) is 5.92 Å². The fourth-order valence-electron chi connectivity index (χ4n) is 15.7. The van der Waals surface area contributed by atoms with Gasteiger partial charge in [0.25, 0.3) is 0 Å². The van der Waals surface area contributed by atoms with Gasteiger partial charge in [0.1, 0.15) is 78.3 Å². The molecular weight excluding hydrogens is 1690 g/mol. The van der Waals surface area contributed by atoms with Gasteiger partial charge in [-0.1, -0.05) is 88.1 Å². The lowest BCUT2D eigenvalue weighted by Crippen LogP contribution is -2.61. The smallest absolute Gasteiger partial charge is 0.303 e. The number of aromatic nitrogens is 2. The number of nitrogens with one attached hydrogen (secondary N) is 11. The van der Waals surface area contributed by atoms with Crippen molar-refractivity contribution >= 4 is 140 Å². The van der Waals surface area contributed by atoms with Crippen LogP contribution in [0.2, 0.25) is 0 Å². The highest BCUT2D eigenvalue weighted by Gasteiger charge is 2.46. The number of H-pyrrole nitrogens is 2. The van der Waals surface area contributed by atoms with Crippen LogP contribution in [0.15, 0.2) is 85.2 Å². The van der Waals surface area contributed by atoms with E-state index in [0.29, 0.717) is 64.2 Å². The molecule has 43 heteroatoms. The van der Waals surface area contributed by atoms with Crippen LogP contribution in [-0.2, 0) is 106 Å². The van der Waals surface area contributed by atoms with Crippen LogP contribution in [0.3, 0.4) is 0 Å². The Hall–Kier alpha value is -12.6. The molecule has 3 aromatic carbocycles. The minimum atomic E-state index is -1.89. The maximum absolute atomic E-state index is 15.6. The molecule has 0 saturated carbocycles. The van der Waals surface area contributed by atoms with E-state index in [9.17, 15) is 78.0 Å². The molecule has 0 aliphatic carbocycles. The van der Waals surface area contributed by atoms with Gasteiger partial charge in [-0.25, -0.2) is 0 Å². The molecule has 8 rings (SSSR count). The zero-order chi connectivity index (χ0) is 93.9. The molecule has 0 spiro atoms. The summed E-state index contributed by atoms with van der Waals surface area (Å²) in [6.07, 6.45) is -0.819. The second kappa shape index (κ2) is 47.8. The number of aromatic amines is 2. The van der Waals surface area contributed by atoms with Gasteiger partial charge in [-0.2, -0.15) is 0 Å². The summed E-state index contributed by atoms with van der Waals surface area (Å²) in [6.45, 7) is 1.03. The Morgan fingerprint density at radius 2 is 1.08 bits per heavy atom. The molecule has 3 fully saturated rings. The van der Waals surface area contributed by atoms with E-state index in [0.717, 1.165) is 36.3 Å². The number of carboxylic acids is 1. The summed E-state index contributed by atoms with van der Waals surface area (Å²) >= 11 is 0.744. The van der Waals surface area contributed by atoms with Gasteiger partial charge in [0, 0.05) is 125 Å². The first-order chi connectivity index (χ1) is 60.9. The number of carbonyl (C=O) groups is 18. The van der Waals surface area contributed by atoms with E-state index in [1.54, 1.807) is 60.9 Å². The molecule has 0 bridgehead atoms. The third-order valence-electron chi connectivity index (χ3n) is 23.1. The number of amides is 16. The monoisotopic (exact) mass is 1800 g/mol. The number of primary amides is 2. The number of unbranched alkanes of at least 4 members (excludes halogenated alkanes) is 2. The van der Waals surface area contributed by atoms with Crippen LogP contribution in [0.5, 0.6) is 5.75 Å². The van der Waals surface area contributed by atoms with E-state index < -0.39 is 273 Å². The number of aromatic hydroxyl groups is 1. The van der Waals surface area contributed by atoms with Crippen molar-refractivity contribution in [2.45, 2.75) is 208 Å². The molecule has 3 aliphatic rings. The third kappa shape index (κ3) is 27.2. The molecule has 16 amide bonds.